The predicted molar refractivity (Wildman–Crippen MR) is 80.6 cm³/mol. The van der Waals surface area contributed by atoms with E-state index in [0.717, 1.165) is 12.8 Å². The number of carbonyl (C=O) groups excluding carboxylic acids is 1. The molecule has 0 N–H and O–H groups in total. The van der Waals surface area contributed by atoms with Crippen molar-refractivity contribution < 1.29 is 18.8 Å². The van der Waals surface area contributed by atoms with E-state index in [0.29, 0.717) is 39.1 Å². The molecule has 116 valence electrons. The van der Waals surface area contributed by atoms with Crippen molar-refractivity contribution in [1.29, 1.82) is 0 Å². The summed E-state index contributed by atoms with van der Waals surface area (Å²) in [6.07, 6.45) is 3.53. The molecule has 1 aliphatic carbocycles. The fraction of sp³-hybridized carbons (Fsp3) is 0.375. The van der Waals surface area contributed by atoms with Gasteiger partial charge in [0.05, 0.1) is 31.0 Å². The molecule has 6 heteroatoms. The molecule has 1 aromatic heterocycles. The van der Waals surface area contributed by atoms with Gasteiger partial charge in [-0.3, -0.25) is 4.79 Å². The molecule has 0 atom stereocenters. The summed E-state index contributed by atoms with van der Waals surface area (Å²) in [5.41, 5.74) is 1.58. The van der Waals surface area contributed by atoms with E-state index in [9.17, 15) is 4.79 Å². The summed E-state index contributed by atoms with van der Waals surface area (Å²) in [7, 11) is 3.08. The first-order chi connectivity index (χ1) is 10.7. The van der Waals surface area contributed by atoms with Gasteiger partial charge in [-0.2, -0.15) is 0 Å². The number of methoxy groups -OCH3 is 2. The van der Waals surface area contributed by atoms with Crippen LogP contribution in [0.3, 0.4) is 0 Å². The van der Waals surface area contributed by atoms with Crippen molar-refractivity contribution in [3.63, 3.8) is 0 Å². The first-order valence-corrected chi connectivity index (χ1v) is 7.38. The van der Waals surface area contributed by atoms with Gasteiger partial charge < -0.3 is 14.0 Å². The second kappa shape index (κ2) is 6.10. The number of halogens is 1. The fourth-order valence-electron chi connectivity index (χ4n) is 2.50. The quantitative estimate of drug-likeness (QED) is 0.761. The number of hydrogen-bond donors (Lipinski definition) is 0. The molecule has 0 bridgehead atoms. The molecule has 0 unspecified atom stereocenters. The van der Waals surface area contributed by atoms with Crippen molar-refractivity contribution in [3.8, 4) is 5.75 Å². The van der Waals surface area contributed by atoms with Crippen LogP contribution in [-0.2, 0) is 11.3 Å². The predicted octanol–water partition coefficient (Wildman–Crippen LogP) is 3.59. The Kier molecular flexibility index (Phi) is 4.18. The van der Waals surface area contributed by atoms with Crippen LogP contribution in [0.5, 0.6) is 5.75 Å². The summed E-state index contributed by atoms with van der Waals surface area (Å²) in [5, 5.41) is 4.28. The van der Waals surface area contributed by atoms with Crippen LogP contribution in [0.1, 0.15) is 46.0 Å². The highest BCUT2D eigenvalue weighted by atomic mass is 35.5. The number of benzene rings is 1. The summed E-state index contributed by atoms with van der Waals surface area (Å²) in [5.74, 6) is 1.23. The van der Waals surface area contributed by atoms with Gasteiger partial charge in [0.15, 0.2) is 5.76 Å². The van der Waals surface area contributed by atoms with E-state index in [-0.39, 0.29) is 12.4 Å². The van der Waals surface area contributed by atoms with E-state index in [2.05, 4.69) is 5.16 Å². The highest BCUT2D eigenvalue weighted by Crippen LogP contribution is 2.42. The van der Waals surface area contributed by atoms with Crippen LogP contribution in [0, 0.1) is 0 Å². The average molecular weight is 322 g/mol. The van der Waals surface area contributed by atoms with E-state index in [1.165, 1.54) is 13.3 Å². The minimum absolute atomic E-state index is 0.172. The maximum absolute atomic E-state index is 12.8. The Morgan fingerprint density at radius 1 is 1.36 bits per heavy atom. The zero-order chi connectivity index (χ0) is 15.7. The molecular weight excluding hydrogens is 306 g/mol. The molecule has 3 rings (SSSR count). The minimum atomic E-state index is -0.172. The maximum atomic E-state index is 12.8. The third-order valence-electron chi connectivity index (χ3n) is 3.73. The molecule has 0 amide bonds. The molecule has 0 saturated heterocycles. The van der Waals surface area contributed by atoms with Crippen molar-refractivity contribution in [2.45, 2.75) is 25.4 Å². The molecule has 22 heavy (non-hydrogen) atoms. The Morgan fingerprint density at radius 2 is 2.14 bits per heavy atom. The molecule has 5 nitrogen and oxygen atoms in total. The number of hydrogen-bond acceptors (Lipinski definition) is 5. The lowest BCUT2D eigenvalue weighted by atomic mass is 9.99. The van der Waals surface area contributed by atoms with Gasteiger partial charge >= 0.3 is 0 Å². The van der Waals surface area contributed by atoms with Gasteiger partial charge in [0.1, 0.15) is 5.75 Å². The lowest BCUT2D eigenvalue weighted by Crippen LogP contribution is -2.08. The second-order valence-electron chi connectivity index (χ2n) is 5.25. The smallest absolute Gasteiger partial charge is 0.201 e. The summed E-state index contributed by atoms with van der Waals surface area (Å²) in [6, 6.07) is 3.34. The van der Waals surface area contributed by atoms with Crippen molar-refractivity contribution in [3.05, 3.63) is 45.8 Å². The Balaban J connectivity index is 2.05. The lowest BCUT2D eigenvalue weighted by Gasteiger charge is -2.14. The van der Waals surface area contributed by atoms with Crippen LogP contribution in [0.2, 0.25) is 5.02 Å². The van der Waals surface area contributed by atoms with Crippen LogP contribution in [0.15, 0.2) is 22.9 Å². The number of aromatic nitrogens is 1. The number of nitrogens with zero attached hydrogens (tertiary/aromatic N) is 1. The highest BCUT2D eigenvalue weighted by molar-refractivity contribution is 6.32. The van der Waals surface area contributed by atoms with Gasteiger partial charge in [0, 0.05) is 23.6 Å². The first-order valence-electron chi connectivity index (χ1n) is 7.01. The van der Waals surface area contributed by atoms with E-state index < -0.39 is 0 Å². The van der Waals surface area contributed by atoms with Crippen LogP contribution in [0.4, 0.5) is 0 Å². The van der Waals surface area contributed by atoms with Crippen molar-refractivity contribution in [2.24, 2.45) is 0 Å². The molecule has 1 heterocycles. The normalized spacial score (nSPS) is 14.1. The van der Waals surface area contributed by atoms with E-state index >= 15 is 0 Å². The number of ether oxygens (including phenoxy) is 2. The van der Waals surface area contributed by atoms with Gasteiger partial charge in [-0.25, -0.2) is 0 Å². The van der Waals surface area contributed by atoms with Crippen molar-refractivity contribution in [1.82, 2.24) is 5.16 Å². The zero-order valence-corrected chi connectivity index (χ0v) is 13.1. The SMILES string of the molecule is COCc1c(Cl)ccc(C(=O)c2cnoc2C2CC2)c1OC. The Hall–Kier alpha value is -1.85. The first kappa shape index (κ1) is 15.1. The topological polar surface area (TPSA) is 61.6 Å². The molecule has 1 fully saturated rings. The summed E-state index contributed by atoms with van der Waals surface area (Å²) >= 11 is 6.18. The summed E-state index contributed by atoms with van der Waals surface area (Å²) in [4.78, 5) is 12.8. The summed E-state index contributed by atoms with van der Waals surface area (Å²) in [6.45, 7) is 0.266. The standard InChI is InChI=1S/C16H16ClNO4/c1-20-8-12-13(17)6-5-10(16(12)21-2)14(19)11-7-18-22-15(11)9-3-4-9/h5-7,9H,3-4,8H2,1-2H3. The highest BCUT2D eigenvalue weighted by Gasteiger charge is 2.33. The number of carbonyl (C=O) groups is 1. The van der Waals surface area contributed by atoms with Crippen LogP contribution < -0.4 is 4.74 Å². The summed E-state index contributed by atoms with van der Waals surface area (Å²) < 4.78 is 15.8. The molecule has 1 saturated carbocycles. The molecule has 1 aliphatic rings. The Bertz CT molecular complexity index is 706. The van der Waals surface area contributed by atoms with Gasteiger partial charge in [0.25, 0.3) is 0 Å². The third-order valence-corrected chi connectivity index (χ3v) is 4.09. The Labute approximate surface area is 133 Å². The molecular formula is C16H16ClNO4. The lowest BCUT2D eigenvalue weighted by molar-refractivity contribution is 0.103. The minimum Gasteiger partial charge on any atom is -0.496 e. The van der Waals surface area contributed by atoms with Gasteiger partial charge in [-0.1, -0.05) is 16.8 Å². The largest absolute Gasteiger partial charge is 0.496 e. The zero-order valence-electron chi connectivity index (χ0n) is 12.4. The van der Waals surface area contributed by atoms with Gasteiger partial charge in [-0.15, -0.1) is 0 Å². The molecule has 0 radical (unpaired) electrons. The van der Waals surface area contributed by atoms with Crippen molar-refractivity contribution in [2.75, 3.05) is 14.2 Å². The van der Waals surface area contributed by atoms with E-state index in [1.807, 2.05) is 0 Å². The number of ketones is 1. The fourth-order valence-corrected chi connectivity index (χ4v) is 2.70. The third kappa shape index (κ3) is 2.62. The molecule has 1 aromatic carbocycles. The van der Waals surface area contributed by atoms with Crippen LogP contribution in [0.25, 0.3) is 0 Å². The average Bonchev–Trinajstić information content (AvgIpc) is 3.25. The molecule has 0 spiro atoms. The van der Waals surface area contributed by atoms with Crippen LogP contribution in [-0.4, -0.2) is 25.2 Å². The van der Waals surface area contributed by atoms with Crippen molar-refractivity contribution >= 4 is 17.4 Å². The van der Waals surface area contributed by atoms with Gasteiger partial charge in [-0.05, 0) is 25.0 Å². The second-order valence-corrected chi connectivity index (χ2v) is 5.65. The Morgan fingerprint density at radius 3 is 2.77 bits per heavy atom. The molecule has 0 aliphatic heterocycles. The van der Waals surface area contributed by atoms with Crippen LogP contribution >= 0.6 is 11.6 Å². The maximum Gasteiger partial charge on any atom is 0.201 e. The van der Waals surface area contributed by atoms with E-state index in [1.54, 1.807) is 19.2 Å². The monoisotopic (exact) mass is 321 g/mol. The van der Waals surface area contributed by atoms with E-state index in [4.69, 9.17) is 25.6 Å². The van der Waals surface area contributed by atoms with Gasteiger partial charge in [0.2, 0.25) is 5.78 Å². The number of rotatable bonds is 6. The molecule has 2 aromatic rings.